The Hall–Kier alpha value is -2.97. The summed E-state index contributed by atoms with van der Waals surface area (Å²) in [7, 11) is 1.61. The van der Waals surface area contributed by atoms with E-state index in [4.69, 9.17) is 9.15 Å². The molecule has 3 amide bonds. The molecule has 0 aliphatic carbocycles. The van der Waals surface area contributed by atoms with Crippen molar-refractivity contribution >= 4 is 18.0 Å². The summed E-state index contributed by atoms with van der Waals surface area (Å²) in [4.78, 5) is 36.4. The number of carbonyl (C=O) groups excluding carboxylic acids is 2. The van der Waals surface area contributed by atoms with Crippen LogP contribution in [0.5, 0.6) is 0 Å². The van der Waals surface area contributed by atoms with Gasteiger partial charge in [-0.1, -0.05) is 11.6 Å². The molecule has 8 heteroatoms. The van der Waals surface area contributed by atoms with Crippen LogP contribution in [0.4, 0.5) is 4.79 Å². The Morgan fingerprint density at radius 1 is 1.25 bits per heavy atom. The fraction of sp³-hybridized carbons (Fsp3) is 0.458. The van der Waals surface area contributed by atoms with Gasteiger partial charge in [0.15, 0.2) is 0 Å². The van der Waals surface area contributed by atoms with Crippen LogP contribution < -0.4 is 0 Å². The van der Waals surface area contributed by atoms with Crippen molar-refractivity contribution in [2.75, 3.05) is 39.9 Å². The quantitative estimate of drug-likeness (QED) is 0.590. The first-order chi connectivity index (χ1) is 15.5. The number of pyridine rings is 1. The Morgan fingerprint density at radius 3 is 2.72 bits per heavy atom. The number of piperidine rings is 1. The molecule has 0 aromatic carbocycles. The van der Waals surface area contributed by atoms with Crippen LogP contribution in [0.25, 0.3) is 6.08 Å². The van der Waals surface area contributed by atoms with E-state index in [0.717, 1.165) is 31.0 Å². The first kappa shape index (κ1) is 22.2. The van der Waals surface area contributed by atoms with Crippen LogP contribution >= 0.6 is 0 Å². The van der Waals surface area contributed by atoms with Gasteiger partial charge in [0.05, 0.1) is 19.4 Å². The van der Waals surface area contributed by atoms with Crippen LogP contribution in [0, 0.1) is 0 Å². The van der Waals surface area contributed by atoms with Gasteiger partial charge >= 0.3 is 6.03 Å². The number of hydrogen-bond acceptors (Lipinski definition) is 6. The van der Waals surface area contributed by atoms with Crippen molar-refractivity contribution in [2.45, 2.75) is 31.8 Å². The van der Waals surface area contributed by atoms with Crippen molar-refractivity contribution in [3.63, 3.8) is 0 Å². The summed E-state index contributed by atoms with van der Waals surface area (Å²) in [6.07, 6.45) is 8.30. The fourth-order valence-corrected chi connectivity index (χ4v) is 4.67. The Kier molecular flexibility index (Phi) is 6.72. The smallest absolute Gasteiger partial charge is 0.328 e. The third-order valence-corrected chi connectivity index (χ3v) is 6.29. The number of aromatic nitrogens is 1. The number of carbonyl (C=O) groups is 2. The van der Waals surface area contributed by atoms with Crippen LogP contribution in [0.1, 0.15) is 31.1 Å². The van der Waals surface area contributed by atoms with Gasteiger partial charge in [-0.05, 0) is 49.6 Å². The molecular weight excluding hydrogens is 408 g/mol. The summed E-state index contributed by atoms with van der Waals surface area (Å²) in [6, 6.07) is 7.27. The second-order valence-electron chi connectivity index (χ2n) is 8.49. The SMILES string of the molecule is COCCN1C(=O)N(Cc2cccnc2)C(=O)C12CCN(CC(C)=Cc1ccco1)CC2. The van der Waals surface area contributed by atoms with E-state index in [1.807, 2.05) is 30.3 Å². The standard InChI is InChI=1S/C24H30N4O4/c1-19(15-21-6-4-13-32-21)17-26-10-7-24(8-11-26)22(29)27(18-20-5-3-9-25-16-20)23(30)28(24)12-14-31-2/h3-6,9,13,15-16H,7-8,10-12,14,17-18H2,1-2H3. The maximum atomic E-state index is 13.6. The lowest BCUT2D eigenvalue weighted by molar-refractivity contribution is -0.136. The molecule has 2 aromatic rings. The van der Waals surface area contributed by atoms with Crippen LogP contribution in [0.3, 0.4) is 0 Å². The summed E-state index contributed by atoms with van der Waals surface area (Å²) < 4.78 is 10.6. The Morgan fingerprint density at radius 2 is 2.06 bits per heavy atom. The zero-order valence-electron chi connectivity index (χ0n) is 18.7. The van der Waals surface area contributed by atoms with Gasteiger partial charge in [-0.2, -0.15) is 0 Å². The first-order valence-corrected chi connectivity index (χ1v) is 11.0. The van der Waals surface area contributed by atoms with Crippen molar-refractivity contribution < 1.29 is 18.7 Å². The highest BCUT2D eigenvalue weighted by Gasteiger charge is 2.57. The first-order valence-electron chi connectivity index (χ1n) is 11.0. The zero-order chi connectivity index (χ0) is 22.6. The molecule has 2 aliphatic rings. The van der Waals surface area contributed by atoms with E-state index in [-0.39, 0.29) is 18.5 Å². The molecular formula is C24H30N4O4. The lowest BCUT2D eigenvalue weighted by Gasteiger charge is -2.42. The lowest BCUT2D eigenvalue weighted by Crippen LogP contribution is -2.57. The average Bonchev–Trinajstić information content (AvgIpc) is 3.37. The van der Waals surface area contributed by atoms with E-state index in [0.29, 0.717) is 26.0 Å². The predicted molar refractivity (Wildman–Crippen MR) is 120 cm³/mol. The minimum Gasteiger partial charge on any atom is -0.465 e. The normalized spacial score (nSPS) is 19.4. The van der Waals surface area contributed by atoms with Gasteiger partial charge < -0.3 is 14.1 Å². The number of urea groups is 1. The average molecular weight is 439 g/mol. The zero-order valence-corrected chi connectivity index (χ0v) is 18.7. The second-order valence-corrected chi connectivity index (χ2v) is 8.49. The molecule has 4 rings (SSSR count). The number of nitrogens with zero attached hydrogens (tertiary/aromatic N) is 4. The molecule has 0 bridgehead atoms. The highest BCUT2D eigenvalue weighted by atomic mass is 16.5. The Balaban J connectivity index is 1.47. The molecule has 170 valence electrons. The lowest BCUT2D eigenvalue weighted by atomic mass is 9.85. The molecule has 32 heavy (non-hydrogen) atoms. The van der Waals surface area contributed by atoms with Gasteiger partial charge in [0, 0.05) is 45.7 Å². The summed E-state index contributed by atoms with van der Waals surface area (Å²) in [5.74, 6) is 0.731. The number of rotatable bonds is 8. The molecule has 4 heterocycles. The van der Waals surface area contributed by atoms with Gasteiger partial charge in [0.2, 0.25) is 0 Å². The van der Waals surface area contributed by atoms with Crippen molar-refractivity contribution in [2.24, 2.45) is 0 Å². The van der Waals surface area contributed by atoms with Crippen molar-refractivity contribution in [3.05, 3.63) is 59.8 Å². The molecule has 2 aliphatic heterocycles. The summed E-state index contributed by atoms with van der Waals surface area (Å²) in [6.45, 7) is 5.41. The van der Waals surface area contributed by atoms with Crippen molar-refractivity contribution in [1.82, 2.24) is 19.7 Å². The summed E-state index contributed by atoms with van der Waals surface area (Å²) >= 11 is 0. The molecule has 8 nitrogen and oxygen atoms in total. The van der Waals surface area contributed by atoms with E-state index in [1.165, 1.54) is 10.5 Å². The van der Waals surface area contributed by atoms with Gasteiger partial charge in [-0.15, -0.1) is 0 Å². The van der Waals surface area contributed by atoms with E-state index >= 15 is 0 Å². The molecule has 0 atom stereocenters. The number of furan rings is 1. The van der Waals surface area contributed by atoms with Crippen LogP contribution in [0.15, 0.2) is 52.9 Å². The van der Waals surface area contributed by atoms with Gasteiger partial charge in [-0.25, -0.2) is 4.79 Å². The van der Waals surface area contributed by atoms with Crippen molar-refractivity contribution in [3.8, 4) is 0 Å². The molecule has 2 fully saturated rings. The third kappa shape index (κ3) is 4.47. The molecule has 1 spiro atoms. The van der Waals surface area contributed by atoms with Crippen LogP contribution in [-0.4, -0.2) is 77.1 Å². The maximum Gasteiger partial charge on any atom is 0.328 e. The molecule has 0 saturated carbocycles. The van der Waals surface area contributed by atoms with E-state index in [9.17, 15) is 9.59 Å². The highest BCUT2D eigenvalue weighted by molar-refractivity contribution is 6.07. The van der Waals surface area contributed by atoms with Gasteiger partial charge in [0.25, 0.3) is 5.91 Å². The Labute approximate surface area is 188 Å². The number of methoxy groups -OCH3 is 1. The molecule has 2 saturated heterocycles. The number of ether oxygens (including phenoxy) is 1. The van der Waals surface area contributed by atoms with Crippen LogP contribution in [0.2, 0.25) is 0 Å². The highest BCUT2D eigenvalue weighted by Crippen LogP contribution is 2.38. The van der Waals surface area contributed by atoms with E-state index < -0.39 is 5.54 Å². The number of imide groups is 1. The minimum atomic E-state index is -0.799. The second kappa shape index (κ2) is 9.67. The maximum absolute atomic E-state index is 13.6. The molecule has 2 aromatic heterocycles. The molecule has 0 radical (unpaired) electrons. The largest absolute Gasteiger partial charge is 0.465 e. The monoisotopic (exact) mass is 438 g/mol. The van der Waals surface area contributed by atoms with E-state index in [2.05, 4.69) is 16.8 Å². The Bertz CT molecular complexity index is 950. The number of hydrogen-bond donors (Lipinski definition) is 0. The van der Waals surface area contributed by atoms with E-state index in [1.54, 1.807) is 30.7 Å². The fourth-order valence-electron chi connectivity index (χ4n) is 4.67. The molecule has 0 unspecified atom stereocenters. The van der Waals surface area contributed by atoms with Gasteiger partial charge in [-0.3, -0.25) is 19.6 Å². The van der Waals surface area contributed by atoms with Crippen molar-refractivity contribution in [1.29, 1.82) is 0 Å². The third-order valence-electron chi connectivity index (χ3n) is 6.29. The predicted octanol–water partition coefficient (Wildman–Crippen LogP) is 3.02. The van der Waals surface area contributed by atoms with Gasteiger partial charge in [0.1, 0.15) is 11.3 Å². The summed E-state index contributed by atoms with van der Waals surface area (Å²) in [5, 5.41) is 0. The number of likely N-dealkylation sites (tertiary alicyclic amines) is 1. The van der Waals surface area contributed by atoms with Crippen LogP contribution in [-0.2, 0) is 16.1 Å². The topological polar surface area (TPSA) is 79.1 Å². The summed E-state index contributed by atoms with van der Waals surface area (Å²) in [5.41, 5.74) is 1.24. The number of amides is 3. The molecule has 0 N–H and O–H groups in total. The minimum absolute atomic E-state index is 0.107.